The minimum atomic E-state index is -0.339. The zero-order valence-electron chi connectivity index (χ0n) is 12.5. The number of nitrogens with zero attached hydrogens (tertiary/aromatic N) is 2. The fourth-order valence-corrected chi connectivity index (χ4v) is 2.22. The van der Waals surface area contributed by atoms with Gasteiger partial charge in [0, 0.05) is 22.8 Å². The maximum absolute atomic E-state index is 12.5. The van der Waals surface area contributed by atoms with Gasteiger partial charge < -0.3 is 10.2 Å². The van der Waals surface area contributed by atoms with Crippen LogP contribution in [-0.4, -0.2) is 40.3 Å². The van der Waals surface area contributed by atoms with Crippen LogP contribution in [-0.2, 0) is 4.79 Å². The van der Waals surface area contributed by atoms with Gasteiger partial charge in [0.25, 0.3) is 5.91 Å². The van der Waals surface area contributed by atoms with E-state index in [0.717, 1.165) is 0 Å². The van der Waals surface area contributed by atoms with Crippen molar-refractivity contribution in [3.05, 3.63) is 27.5 Å². The van der Waals surface area contributed by atoms with Gasteiger partial charge in [-0.05, 0) is 49.7 Å². The molecule has 1 heterocycles. The summed E-state index contributed by atoms with van der Waals surface area (Å²) >= 11 is 9.21. The highest BCUT2D eigenvalue weighted by Crippen LogP contribution is 2.19. The maximum Gasteiger partial charge on any atom is 0.257 e. The van der Waals surface area contributed by atoms with Crippen LogP contribution in [0.3, 0.4) is 0 Å². The Morgan fingerprint density at radius 3 is 2.57 bits per heavy atom. The second kappa shape index (κ2) is 7.22. The van der Waals surface area contributed by atoms with E-state index in [4.69, 9.17) is 11.6 Å². The molecule has 0 bridgehead atoms. The third kappa shape index (κ3) is 5.63. The molecule has 0 spiro atoms. The zero-order chi connectivity index (χ0) is 16.2. The van der Waals surface area contributed by atoms with Crippen molar-refractivity contribution < 1.29 is 9.59 Å². The lowest BCUT2D eigenvalue weighted by atomic mass is 10.1. The molecule has 5 nitrogen and oxygen atoms in total. The molecule has 21 heavy (non-hydrogen) atoms. The number of nitrogens with one attached hydrogen (secondary N) is 1. The third-order valence-electron chi connectivity index (χ3n) is 2.55. The van der Waals surface area contributed by atoms with E-state index in [2.05, 4.69) is 26.2 Å². The summed E-state index contributed by atoms with van der Waals surface area (Å²) in [7, 11) is 0. The fourth-order valence-electron chi connectivity index (χ4n) is 1.70. The molecule has 0 aliphatic carbocycles. The van der Waals surface area contributed by atoms with Crippen LogP contribution in [0, 0.1) is 0 Å². The molecule has 0 aliphatic rings. The highest BCUT2D eigenvalue weighted by Gasteiger charge is 2.22. The molecule has 2 amide bonds. The van der Waals surface area contributed by atoms with Gasteiger partial charge in [-0.25, -0.2) is 4.98 Å². The number of carbonyl (C=O) groups excluding carboxylic acids is 2. The predicted molar refractivity (Wildman–Crippen MR) is 86.4 cm³/mol. The monoisotopic (exact) mass is 375 g/mol. The lowest BCUT2D eigenvalue weighted by Gasteiger charge is -2.25. The Balaban J connectivity index is 2.87. The van der Waals surface area contributed by atoms with E-state index in [0.29, 0.717) is 11.0 Å². The van der Waals surface area contributed by atoms with Gasteiger partial charge in [-0.1, -0.05) is 11.6 Å². The number of halogens is 2. The van der Waals surface area contributed by atoms with Crippen LogP contribution in [0.1, 0.15) is 38.1 Å². The Morgan fingerprint density at radius 1 is 1.43 bits per heavy atom. The Kier molecular flexibility index (Phi) is 6.16. The van der Waals surface area contributed by atoms with Crippen LogP contribution < -0.4 is 5.32 Å². The molecule has 1 aromatic heterocycles. The van der Waals surface area contributed by atoms with E-state index in [9.17, 15) is 9.59 Å². The quantitative estimate of drug-likeness (QED) is 0.822. The first-order valence-electron chi connectivity index (χ1n) is 6.55. The molecule has 0 radical (unpaired) electrons. The summed E-state index contributed by atoms with van der Waals surface area (Å²) in [5.74, 6) is -0.530. The van der Waals surface area contributed by atoms with Crippen LogP contribution in [0.2, 0.25) is 5.15 Å². The minimum absolute atomic E-state index is 0.0184. The molecule has 1 rings (SSSR count). The highest BCUT2D eigenvalue weighted by atomic mass is 79.9. The summed E-state index contributed by atoms with van der Waals surface area (Å²) in [6.45, 7) is 7.85. The maximum atomic E-state index is 12.5. The van der Waals surface area contributed by atoms with E-state index in [1.165, 1.54) is 11.1 Å². The van der Waals surface area contributed by atoms with Crippen LogP contribution in [0.25, 0.3) is 0 Å². The van der Waals surface area contributed by atoms with Gasteiger partial charge >= 0.3 is 0 Å². The Morgan fingerprint density at radius 2 is 2.05 bits per heavy atom. The molecule has 0 saturated carbocycles. The molecule has 116 valence electrons. The second-order valence-electron chi connectivity index (χ2n) is 5.61. The van der Waals surface area contributed by atoms with Gasteiger partial charge in [-0.2, -0.15) is 0 Å². The number of aromatic nitrogens is 1. The topological polar surface area (TPSA) is 62.3 Å². The molecule has 0 unspecified atom stereocenters. The van der Waals surface area contributed by atoms with Crippen molar-refractivity contribution in [3.8, 4) is 0 Å². The third-order valence-corrected chi connectivity index (χ3v) is 3.29. The summed E-state index contributed by atoms with van der Waals surface area (Å²) in [6, 6.07) is 1.60. The van der Waals surface area contributed by atoms with Gasteiger partial charge in [-0.15, -0.1) is 0 Å². The molecule has 0 aromatic carbocycles. The van der Waals surface area contributed by atoms with Gasteiger partial charge in [0.15, 0.2) is 0 Å². The van der Waals surface area contributed by atoms with Crippen LogP contribution in [0.15, 0.2) is 16.7 Å². The van der Waals surface area contributed by atoms with Crippen LogP contribution >= 0.6 is 27.5 Å². The largest absolute Gasteiger partial charge is 0.350 e. The van der Waals surface area contributed by atoms with Gasteiger partial charge in [-0.3, -0.25) is 9.59 Å². The van der Waals surface area contributed by atoms with E-state index >= 15 is 0 Å². The summed E-state index contributed by atoms with van der Waals surface area (Å²) in [5.41, 5.74) is -0.0643. The second-order valence-corrected chi connectivity index (χ2v) is 6.88. The number of rotatable bonds is 4. The molecular weight excluding hydrogens is 358 g/mol. The Labute approximate surface area is 138 Å². The van der Waals surface area contributed by atoms with Crippen LogP contribution in [0.4, 0.5) is 0 Å². The van der Waals surface area contributed by atoms with Crippen molar-refractivity contribution in [1.29, 1.82) is 0 Å². The first-order chi connectivity index (χ1) is 9.64. The van der Waals surface area contributed by atoms with Gasteiger partial charge in [0.05, 0.1) is 12.1 Å². The summed E-state index contributed by atoms with van der Waals surface area (Å²) in [6.07, 6.45) is 1.52. The zero-order valence-corrected chi connectivity index (χ0v) is 14.9. The first-order valence-corrected chi connectivity index (χ1v) is 7.72. The highest BCUT2D eigenvalue weighted by molar-refractivity contribution is 9.10. The van der Waals surface area contributed by atoms with Crippen molar-refractivity contribution in [1.82, 2.24) is 15.2 Å². The van der Waals surface area contributed by atoms with Crippen LogP contribution in [0.5, 0.6) is 0 Å². The number of hydrogen-bond donors (Lipinski definition) is 1. The average Bonchev–Trinajstić information content (AvgIpc) is 2.36. The van der Waals surface area contributed by atoms with Crippen molar-refractivity contribution in [2.75, 3.05) is 13.1 Å². The SMILES string of the molecule is CCN(CC(=O)NC(C)(C)C)C(=O)c1cc(Br)cnc1Cl. The summed E-state index contributed by atoms with van der Waals surface area (Å²) in [5, 5.41) is 2.95. The number of likely N-dealkylation sites (N-methyl/N-ethyl adjacent to an activating group) is 1. The molecule has 1 N–H and O–H groups in total. The number of amides is 2. The lowest BCUT2D eigenvalue weighted by Crippen LogP contribution is -2.47. The van der Waals surface area contributed by atoms with Crippen molar-refractivity contribution in [2.24, 2.45) is 0 Å². The molecule has 0 aliphatic heterocycles. The minimum Gasteiger partial charge on any atom is -0.350 e. The van der Waals surface area contributed by atoms with E-state index < -0.39 is 0 Å². The Bertz CT molecular complexity index is 544. The average molecular weight is 377 g/mol. The van der Waals surface area contributed by atoms with E-state index in [-0.39, 0.29) is 34.6 Å². The van der Waals surface area contributed by atoms with Crippen molar-refractivity contribution in [3.63, 3.8) is 0 Å². The molecule has 1 aromatic rings. The predicted octanol–water partition coefficient (Wildman–Crippen LogP) is 2.87. The number of carbonyl (C=O) groups is 2. The molecular formula is C14H19BrClN3O2. The summed E-state index contributed by atoms with van der Waals surface area (Å²) in [4.78, 5) is 29.8. The molecule has 0 fully saturated rings. The molecule has 0 atom stereocenters. The van der Waals surface area contributed by atoms with Crippen molar-refractivity contribution >= 4 is 39.3 Å². The van der Waals surface area contributed by atoms with Gasteiger partial charge in [0.1, 0.15) is 5.15 Å². The van der Waals surface area contributed by atoms with Crippen molar-refractivity contribution in [2.45, 2.75) is 33.2 Å². The smallest absolute Gasteiger partial charge is 0.257 e. The Hall–Kier alpha value is -1.14. The number of hydrogen-bond acceptors (Lipinski definition) is 3. The first kappa shape index (κ1) is 17.9. The lowest BCUT2D eigenvalue weighted by molar-refractivity contribution is -0.123. The summed E-state index contributed by atoms with van der Waals surface area (Å²) < 4.78 is 0.658. The fraction of sp³-hybridized carbons (Fsp3) is 0.500. The van der Waals surface area contributed by atoms with Gasteiger partial charge in [0.2, 0.25) is 5.91 Å². The van der Waals surface area contributed by atoms with E-state index in [1.807, 2.05) is 27.7 Å². The standard InChI is InChI=1S/C14H19BrClN3O2/c1-5-19(8-11(20)18-14(2,3)4)13(21)10-6-9(15)7-17-12(10)16/h6-7H,5,8H2,1-4H3,(H,18,20). The molecule has 0 saturated heterocycles. The molecule has 7 heteroatoms. The number of pyridine rings is 1. The normalized spacial score (nSPS) is 11.1. The van der Waals surface area contributed by atoms with E-state index in [1.54, 1.807) is 6.07 Å².